The number of ether oxygens (including phenoxy) is 1. The summed E-state index contributed by atoms with van der Waals surface area (Å²) >= 11 is 0. The van der Waals surface area contributed by atoms with Gasteiger partial charge in [0.05, 0.1) is 12.7 Å². The first-order valence-corrected chi connectivity index (χ1v) is 8.63. The van der Waals surface area contributed by atoms with E-state index in [2.05, 4.69) is 34.0 Å². The minimum Gasteiger partial charge on any atom is -0.465 e. The van der Waals surface area contributed by atoms with Crippen LogP contribution in [0.5, 0.6) is 0 Å². The molecule has 0 saturated carbocycles. The number of esters is 1. The van der Waals surface area contributed by atoms with E-state index in [-0.39, 0.29) is 5.97 Å². The van der Waals surface area contributed by atoms with Crippen molar-refractivity contribution in [3.05, 3.63) is 41.7 Å². The molecule has 2 aromatic rings. The minimum atomic E-state index is -0.346. The van der Waals surface area contributed by atoms with Crippen LogP contribution in [0.25, 0.3) is 0 Å². The fraction of sp³-hybridized carbons (Fsp3) is 0.421. The Labute approximate surface area is 149 Å². The monoisotopic (exact) mass is 342 g/mol. The standard InChI is InChI=1S/C19H26N4O2/c1-5-11-23(12-6-2)18-13-17(20-14(3)21-18)22-16-9-7-15(8-10-16)19(24)25-4/h7-10,13H,5-6,11-12H2,1-4H3,(H,20,21,22). The third kappa shape index (κ3) is 5.17. The van der Waals surface area contributed by atoms with E-state index >= 15 is 0 Å². The predicted octanol–water partition coefficient (Wildman–Crippen LogP) is 3.94. The molecule has 25 heavy (non-hydrogen) atoms. The summed E-state index contributed by atoms with van der Waals surface area (Å²) < 4.78 is 4.71. The van der Waals surface area contributed by atoms with E-state index in [1.54, 1.807) is 12.1 Å². The first kappa shape index (κ1) is 18.7. The van der Waals surface area contributed by atoms with Gasteiger partial charge in [-0.3, -0.25) is 0 Å². The lowest BCUT2D eigenvalue weighted by Crippen LogP contribution is -2.26. The molecule has 1 aromatic carbocycles. The number of carbonyl (C=O) groups is 1. The number of aryl methyl sites for hydroxylation is 1. The van der Waals surface area contributed by atoms with Crippen molar-refractivity contribution in [3.8, 4) is 0 Å². The zero-order valence-corrected chi connectivity index (χ0v) is 15.4. The summed E-state index contributed by atoms with van der Waals surface area (Å²) in [5.74, 6) is 2.06. The fourth-order valence-corrected chi connectivity index (χ4v) is 2.61. The van der Waals surface area contributed by atoms with Gasteiger partial charge in [-0.1, -0.05) is 13.8 Å². The van der Waals surface area contributed by atoms with Gasteiger partial charge in [0, 0.05) is 24.8 Å². The predicted molar refractivity (Wildman–Crippen MR) is 101 cm³/mol. The second-order valence-corrected chi connectivity index (χ2v) is 5.84. The Morgan fingerprint density at radius 3 is 2.32 bits per heavy atom. The number of rotatable bonds is 8. The number of aromatic nitrogens is 2. The van der Waals surface area contributed by atoms with Crippen LogP contribution in [0.4, 0.5) is 17.3 Å². The fourth-order valence-electron chi connectivity index (χ4n) is 2.61. The molecule has 6 nitrogen and oxygen atoms in total. The largest absolute Gasteiger partial charge is 0.465 e. The third-order valence-electron chi connectivity index (χ3n) is 3.71. The van der Waals surface area contributed by atoms with E-state index < -0.39 is 0 Å². The van der Waals surface area contributed by atoms with Crippen LogP contribution in [0.3, 0.4) is 0 Å². The van der Waals surface area contributed by atoms with Crippen molar-refractivity contribution >= 4 is 23.3 Å². The Morgan fingerprint density at radius 2 is 1.76 bits per heavy atom. The number of carbonyl (C=O) groups excluding carboxylic acids is 1. The number of methoxy groups -OCH3 is 1. The summed E-state index contributed by atoms with van der Waals surface area (Å²) in [5.41, 5.74) is 1.37. The van der Waals surface area contributed by atoms with Crippen molar-refractivity contribution in [2.45, 2.75) is 33.6 Å². The smallest absolute Gasteiger partial charge is 0.337 e. The van der Waals surface area contributed by atoms with E-state index in [0.717, 1.165) is 49.1 Å². The van der Waals surface area contributed by atoms with Crippen molar-refractivity contribution in [1.82, 2.24) is 9.97 Å². The average Bonchev–Trinajstić information content (AvgIpc) is 2.61. The first-order valence-electron chi connectivity index (χ1n) is 8.63. The molecule has 0 saturated heterocycles. The lowest BCUT2D eigenvalue weighted by atomic mass is 10.2. The molecule has 0 amide bonds. The molecule has 2 rings (SSSR count). The zero-order valence-electron chi connectivity index (χ0n) is 15.4. The second kappa shape index (κ2) is 9.01. The van der Waals surface area contributed by atoms with Gasteiger partial charge >= 0.3 is 5.97 Å². The van der Waals surface area contributed by atoms with Crippen LogP contribution in [0, 0.1) is 6.92 Å². The number of anilines is 3. The Bertz CT molecular complexity index is 695. The van der Waals surface area contributed by atoms with E-state index in [1.807, 2.05) is 25.1 Å². The van der Waals surface area contributed by atoms with Gasteiger partial charge in [-0.2, -0.15) is 0 Å². The molecular formula is C19H26N4O2. The summed E-state index contributed by atoms with van der Waals surface area (Å²) in [5, 5.41) is 3.28. The molecule has 0 bridgehead atoms. The molecule has 0 radical (unpaired) electrons. The number of hydrogen-bond donors (Lipinski definition) is 1. The molecule has 0 aliphatic carbocycles. The van der Waals surface area contributed by atoms with Gasteiger partial charge in [-0.15, -0.1) is 0 Å². The normalized spacial score (nSPS) is 10.4. The SMILES string of the molecule is CCCN(CCC)c1cc(Nc2ccc(C(=O)OC)cc2)nc(C)n1. The van der Waals surface area contributed by atoms with Crippen LogP contribution in [-0.4, -0.2) is 36.1 Å². The highest BCUT2D eigenvalue weighted by Gasteiger charge is 2.10. The highest BCUT2D eigenvalue weighted by atomic mass is 16.5. The van der Waals surface area contributed by atoms with Gasteiger partial charge in [0.1, 0.15) is 17.5 Å². The molecular weight excluding hydrogens is 316 g/mol. The molecule has 1 heterocycles. The molecule has 0 aliphatic rings. The van der Waals surface area contributed by atoms with Gasteiger partial charge < -0.3 is 15.0 Å². The Hall–Kier alpha value is -2.63. The highest BCUT2D eigenvalue weighted by Crippen LogP contribution is 2.21. The second-order valence-electron chi connectivity index (χ2n) is 5.84. The van der Waals surface area contributed by atoms with Gasteiger partial charge in [0.25, 0.3) is 0 Å². The molecule has 1 aromatic heterocycles. The third-order valence-corrected chi connectivity index (χ3v) is 3.71. The maximum absolute atomic E-state index is 11.5. The van der Waals surface area contributed by atoms with Gasteiger partial charge in [-0.25, -0.2) is 14.8 Å². The maximum Gasteiger partial charge on any atom is 0.337 e. The molecule has 0 fully saturated rings. The summed E-state index contributed by atoms with van der Waals surface area (Å²) in [6.45, 7) is 8.16. The van der Waals surface area contributed by atoms with Crippen molar-refractivity contribution in [3.63, 3.8) is 0 Å². The number of nitrogens with one attached hydrogen (secondary N) is 1. The van der Waals surface area contributed by atoms with Gasteiger partial charge in [0.15, 0.2) is 0 Å². The Balaban J connectivity index is 2.20. The van der Waals surface area contributed by atoms with Crippen molar-refractivity contribution in [2.24, 2.45) is 0 Å². The lowest BCUT2D eigenvalue weighted by molar-refractivity contribution is 0.0601. The summed E-state index contributed by atoms with van der Waals surface area (Å²) in [6.07, 6.45) is 2.14. The van der Waals surface area contributed by atoms with Gasteiger partial charge in [0.2, 0.25) is 0 Å². The van der Waals surface area contributed by atoms with Crippen molar-refractivity contribution in [2.75, 3.05) is 30.4 Å². The van der Waals surface area contributed by atoms with E-state index in [9.17, 15) is 4.79 Å². The molecule has 134 valence electrons. The average molecular weight is 342 g/mol. The molecule has 0 spiro atoms. The minimum absolute atomic E-state index is 0.346. The van der Waals surface area contributed by atoms with Gasteiger partial charge in [-0.05, 0) is 44.0 Å². The van der Waals surface area contributed by atoms with E-state index in [0.29, 0.717) is 5.56 Å². The lowest BCUT2D eigenvalue weighted by Gasteiger charge is -2.23. The van der Waals surface area contributed by atoms with Crippen LogP contribution in [0.1, 0.15) is 42.9 Å². The molecule has 0 unspecified atom stereocenters. The summed E-state index contributed by atoms with van der Waals surface area (Å²) in [6, 6.07) is 9.08. The molecule has 1 N–H and O–H groups in total. The molecule has 6 heteroatoms. The maximum atomic E-state index is 11.5. The first-order chi connectivity index (χ1) is 12.1. The number of nitrogens with zero attached hydrogens (tertiary/aromatic N) is 3. The summed E-state index contributed by atoms with van der Waals surface area (Å²) in [7, 11) is 1.37. The number of hydrogen-bond acceptors (Lipinski definition) is 6. The Kier molecular flexibility index (Phi) is 6.74. The number of benzene rings is 1. The van der Waals surface area contributed by atoms with Crippen LogP contribution >= 0.6 is 0 Å². The molecule has 0 aliphatic heterocycles. The molecule has 0 atom stereocenters. The van der Waals surface area contributed by atoms with Crippen molar-refractivity contribution in [1.29, 1.82) is 0 Å². The van der Waals surface area contributed by atoms with Crippen LogP contribution in [-0.2, 0) is 4.74 Å². The van der Waals surface area contributed by atoms with Crippen LogP contribution in [0.15, 0.2) is 30.3 Å². The zero-order chi connectivity index (χ0) is 18.2. The topological polar surface area (TPSA) is 67.4 Å². The Morgan fingerprint density at radius 1 is 1.12 bits per heavy atom. The van der Waals surface area contributed by atoms with Crippen LogP contribution in [0.2, 0.25) is 0 Å². The van der Waals surface area contributed by atoms with E-state index in [1.165, 1.54) is 7.11 Å². The quantitative estimate of drug-likeness (QED) is 0.733. The van der Waals surface area contributed by atoms with Crippen LogP contribution < -0.4 is 10.2 Å². The van der Waals surface area contributed by atoms with Crippen molar-refractivity contribution < 1.29 is 9.53 Å². The van der Waals surface area contributed by atoms with E-state index in [4.69, 9.17) is 4.74 Å². The highest BCUT2D eigenvalue weighted by molar-refractivity contribution is 5.89. The summed E-state index contributed by atoms with van der Waals surface area (Å²) in [4.78, 5) is 22.8.